The van der Waals surface area contributed by atoms with Crippen LogP contribution in [-0.2, 0) is 6.54 Å². The minimum absolute atomic E-state index is 0.0354. The molecule has 2 aromatic carbocycles. The Bertz CT molecular complexity index is 880. The van der Waals surface area contributed by atoms with E-state index in [0.717, 1.165) is 6.42 Å². The van der Waals surface area contributed by atoms with Crippen molar-refractivity contribution in [2.24, 2.45) is 0 Å². The number of aromatic nitrogens is 2. The van der Waals surface area contributed by atoms with Crippen molar-refractivity contribution in [1.29, 1.82) is 0 Å². The number of nitrogens with zero attached hydrogens (tertiary/aromatic N) is 1. The van der Waals surface area contributed by atoms with E-state index >= 15 is 0 Å². The number of aromatic amines is 1. The van der Waals surface area contributed by atoms with Crippen molar-refractivity contribution in [2.75, 3.05) is 6.54 Å². The molecule has 0 atom stereocenters. The summed E-state index contributed by atoms with van der Waals surface area (Å²) >= 11 is 0. The minimum atomic E-state index is -0.378. The molecule has 1 heterocycles. The number of H-pyrrole nitrogens is 1. The van der Waals surface area contributed by atoms with Gasteiger partial charge in [-0.25, -0.2) is 10.2 Å². The van der Waals surface area contributed by atoms with Crippen LogP contribution in [0.2, 0.25) is 0 Å². The quantitative estimate of drug-likeness (QED) is 0.428. The first-order valence-corrected chi connectivity index (χ1v) is 8.62. The number of hydrogen-bond acceptors (Lipinski definition) is 4. The SMILES string of the molecule is O=c1ccn(CCCNNC(c2ccccc2)c2ccccc2)c(=O)[nH]1. The summed E-state index contributed by atoms with van der Waals surface area (Å²) in [5.74, 6) is 0. The Morgan fingerprint density at radius 2 is 1.50 bits per heavy atom. The summed E-state index contributed by atoms with van der Waals surface area (Å²) in [4.78, 5) is 25.0. The molecule has 0 aliphatic carbocycles. The molecule has 1 aromatic heterocycles. The van der Waals surface area contributed by atoms with E-state index < -0.39 is 0 Å². The van der Waals surface area contributed by atoms with Gasteiger partial charge in [-0.2, -0.15) is 0 Å². The van der Waals surface area contributed by atoms with Crippen LogP contribution in [0.25, 0.3) is 0 Å². The van der Waals surface area contributed by atoms with Crippen molar-refractivity contribution in [2.45, 2.75) is 19.0 Å². The maximum atomic E-state index is 11.7. The van der Waals surface area contributed by atoms with E-state index in [2.05, 4.69) is 40.1 Å². The molecule has 26 heavy (non-hydrogen) atoms. The molecular weight excluding hydrogens is 328 g/mol. The van der Waals surface area contributed by atoms with E-state index in [0.29, 0.717) is 13.1 Å². The van der Waals surface area contributed by atoms with Gasteiger partial charge in [0, 0.05) is 25.4 Å². The summed E-state index contributed by atoms with van der Waals surface area (Å²) in [6.45, 7) is 1.22. The van der Waals surface area contributed by atoms with Gasteiger partial charge in [-0.3, -0.25) is 15.2 Å². The fourth-order valence-electron chi connectivity index (χ4n) is 2.78. The molecule has 0 radical (unpaired) electrons. The highest BCUT2D eigenvalue weighted by Crippen LogP contribution is 2.20. The van der Waals surface area contributed by atoms with Gasteiger partial charge in [0.2, 0.25) is 0 Å². The Labute approximate surface area is 151 Å². The molecule has 0 spiro atoms. The van der Waals surface area contributed by atoms with E-state index in [1.807, 2.05) is 36.4 Å². The molecule has 0 fully saturated rings. The first-order chi connectivity index (χ1) is 12.7. The van der Waals surface area contributed by atoms with E-state index in [9.17, 15) is 9.59 Å². The molecule has 3 aromatic rings. The van der Waals surface area contributed by atoms with Gasteiger partial charge < -0.3 is 4.57 Å². The Hall–Kier alpha value is -2.96. The van der Waals surface area contributed by atoms with E-state index in [4.69, 9.17) is 0 Å². The third-order valence-electron chi connectivity index (χ3n) is 4.11. The topological polar surface area (TPSA) is 78.9 Å². The monoisotopic (exact) mass is 350 g/mol. The predicted molar refractivity (Wildman–Crippen MR) is 102 cm³/mol. The maximum Gasteiger partial charge on any atom is 0.328 e. The van der Waals surface area contributed by atoms with Crippen LogP contribution in [0.3, 0.4) is 0 Å². The number of hydrazine groups is 1. The molecule has 0 saturated heterocycles. The zero-order valence-corrected chi connectivity index (χ0v) is 14.4. The van der Waals surface area contributed by atoms with E-state index in [1.54, 1.807) is 0 Å². The lowest BCUT2D eigenvalue weighted by Crippen LogP contribution is -2.37. The largest absolute Gasteiger partial charge is 0.328 e. The normalized spacial score (nSPS) is 11.0. The first kappa shape index (κ1) is 17.8. The van der Waals surface area contributed by atoms with E-state index in [-0.39, 0.29) is 17.3 Å². The second kappa shape index (κ2) is 8.94. The standard InChI is InChI=1S/C20H22N4O2/c25-18-12-15-24(20(26)22-18)14-7-13-21-23-19(16-8-3-1-4-9-16)17-10-5-2-6-11-17/h1-6,8-12,15,19,21,23H,7,13-14H2,(H,22,25,26). The van der Waals surface area contributed by atoms with Crippen molar-refractivity contribution in [3.8, 4) is 0 Å². The van der Waals surface area contributed by atoms with Crippen LogP contribution < -0.4 is 22.1 Å². The Morgan fingerprint density at radius 3 is 2.08 bits per heavy atom. The fourth-order valence-corrected chi connectivity index (χ4v) is 2.78. The lowest BCUT2D eigenvalue weighted by Gasteiger charge is -2.20. The lowest BCUT2D eigenvalue weighted by molar-refractivity contribution is 0.457. The van der Waals surface area contributed by atoms with Crippen molar-refractivity contribution in [3.63, 3.8) is 0 Å². The van der Waals surface area contributed by atoms with Crippen molar-refractivity contribution in [1.82, 2.24) is 20.4 Å². The van der Waals surface area contributed by atoms with Crippen molar-refractivity contribution >= 4 is 0 Å². The minimum Gasteiger partial charge on any atom is -0.301 e. The zero-order chi connectivity index (χ0) is 18.2. The van der Waals surface area contributed by atoms with Gasteiger partial charge in [-0.1, -0.05) is 60.7 Å². The van der Waals surface area contributed by atoms with Crippen LogP contribution in [-0.4, -0.2) is 16.1 Å². The van der Waals surface area contributed by atoms with Gasteiger partial charge in [0.25, 0.3) is 5.56 Å². The molecule has 6 nitrogen and oxygen atoms in total. The molecule has 3 rings (SSSR count). The van der Waals surface area contributed by atoms with Crippen LogP contribution in [0.5, 0.6) is 0 Å². The zero-order valence-electron chi connectivity index (χ0n) is 14.4. The lowest BCUT2D eigenvalue weighted by atomic mass is 9.99. The number of aryl methyl sites for hydroxylation is 1. The number of nitrogens with one attached hydrogen (secondary N) is 3. The van der Waals surface area contributed by atoms with Gasteiger partial charge >= 0.3 is 5.69 Å². The van der Waals surface area contributed by atoms with Gasteiger partial charge in [0.1, 0.15) is 0 Å². The summed E-state index contributed by atoms with van der Waals surface area (Å²) in [6.07, 6.45) is 2.26. The molecular formula is C20H22N4O2. The first-order valence-electron chi connectivity index (χ1n) is 8.62. The second-order valence-electron chi connectivity index (χ2n) is 5.98. The van der Waals surface area contributed by atoms with Gasteiger partial charge in [-0.05, 0) is 17.5 Å². The van der Waals surface area contributed by atoms with Gasteiger partial charge in [0.15, 0.2) is 0 Å². The average Bonchev–Trinajstić information content (AvgIpc) is 2.67. The van der Waals surface area contributed by atoms with Gasteiger partial charge in [0.05, 0.1) is 6.04 Å². The third kappa shape index (κ3) is 4.78. The molecule has 6 heteroatoms. The number of hydrogen-bond donors (Lipinski definition) is 3. The van der Waals surface area contributed by atoms with Gasteiger partial charge in [-0.15, -0.1) is 0 Å². The smallest absolute Gasteiger partial charge is 0.301 e. The summed E-state index contributed by atoms with van der Waals surface area (Å²) in [5, 5.41) is 0. The Morgan fingerprint density at radius 1 is 0.885 bits per heavy atom. The number of rotatable bonds is 8. The van der Waals surface area contributed by atoms with E-state index in [1.165, 1.54) is 28.0 Å². The molecule has 0 aliphatic rings. The second-order valence-corrected chi connectivity index (χ2v) is 5.98. The molecule has 134 valence electrons. The van der Waals surface area contributed by atoms with Crippen LogP contribution in [0.1, 0.15) is 23.6 Å². The molecule has 0 aliphatic heterocycles. The predicted octanol–water partition coefficient (Wildman–Crippen LogP) is 1.81. The molecule has 0 bridgehead atoms. The molecule has 0 amide bonds. The summed E-state index contributed by atoms with van der Waals surface area (Å²) in [7, 11) is 0. The van der Waals surface area contributed by atoms with Crippen LogP contribution in [0.4, 0.5) is 0 Å². The summed E-state index contributed by atoms with van der Waals surface area (Å²) < 4.78 is 1.49. The van der Waals surface area contributed by atoms with Crippen molar-refractivity contribution in [3.05, 3.63) is 105 Å². The fraction of sp³-hybridized carbons (Fsp3) is 0.200. The third-order valence-corrected chi connectivity index (χ3v) is 4.11. The molecule has 3 N–H and O–H groups in total. The highest BCUT2D eigenvalue weighted by atomic mass is 16.2. The van der Waals surface area contributed by atoms with Crippen LogP contribution in [0.15, 0.2) is 82.5 Å². The molecule has 0 saturated carbocycles. The van der Waals surface area contributed by atoms with Crippen LogP contribution >= 0.6 is 0 Å². The maximum absolute atomic E-state index is 11.7. The Balaban J connectivity index is 1.57. The highest BCUT2D eigenvalue weighted by Gasteiger charge is 2.12. The molecule has 0 unspecified atom stereocenters. The Kier molecular flexibility index (Phi) is 6.14. The van der Waals surface area contributed by atoms with Crippen molar-refractivity contribution < 1.29 is 0 Å². The van der Waals surface area contributed by atoms with Crippen LogP contribution in [0, 0.1) is 0 Å². The number of benzene rings is 2. The average molecular weight is 350 g/mol. The summed E-state index contributed by atoms with van der Waals surface area (Å²) in [6, 6.07) is 21.8. The summed E-state index contributed by atoms with van der Waals surface area (Å²) in [5.41, 5.74) is 8.20. The highest BCUT2D eigenvalue weighted by molar-refractivity contribution is 5.31.